The molecule has 0 aliphatic heterocycles. The normalized spacial score (nSPS) is 15.5. The minimum absolute atomic E-state index is 0.270. The van der Waals surface area contributed by atoms with Gasteiger partial charge in [-0.25, -0.2) is 13.2 Å². The maximum Gasteiger partial charge on any atom is 0.270 e. The summed E-state index contributed by atoms with van der Waals surface area (Å²) >= 11 is 2.93. The van der Waals surface area contributed by atoms with Crippen LogP contribution in [-0.4, -0.2) is 17.4 Å². The van der Waals surface area contributed by atoms with Gasteiger partial charge < -0.3 is 0 Å². The quantitative estimate of drug-likeness (QED) is 0.731. The van der Waals surface area contributed by atoms with E-state index in [0.717, 1.165) is 5.56 Å². The lowest BCUT2D eigenvalue weighted by molar-refractivity contribution is 0.0499. The molecule has 2 unspecified atom stereocenters. The molecule has 14 heavy (non-hydrogen) atoms. The van der Waals surface area contributed by atoms with Crippen LogP contribution in [0, 0.1) is 0 Å². The highest BCUT2D eigenvalue weighted by atomic mass is 79.9. The summed E-state index contributed by atoms with van der Waals surface area (Å²) in [5, 5.41) is 0. The van der Waals surface area contributed by atoms with Crippen molar-refractivity contribution in [3.8, 4) is 0 Å². The van der Waals surface area contributed by atoms with Crippen molar-refractivity contribution in [3.05, 3.63) is 35.9 Å². The molecule has 0 aliphatic carbocycles. The predicted molar refractivity (Wildman–Crippen MR) is 53.8 cm³/mol. The molecule has 0 bridgehead atoms. The van der Waals surface area contributed by atoms with Gasteiger partial charge in [-0.1, -0.05) is 46.3 Å². The molecule has 1 aromatic carbocycles. The van der Waals surface area contributed by atoms with Crippen LogP contribution < -0.4 is 0 Å². The fourth-order valence-electron chi connectivity index (χ4n) is 1.11. The van der Waals surface area contributed by atoms with Gasteiger partial charge in [-0.15, -0.1) is 0 Å². The molecule has 78 valence electrons. The van der Waals surface area contributed by atoms with Crippen LogP contribution >= 0.6 is 15.9 Å². The molecular weight excluding hydrogens is 257 g/mol. The Hall–Kier alpha value is -0.510. The first-order chi connectivity index (χ1) is 6.61. The Labute approximate surface area is 89.3 Å². The van der Waals surface area contributed by atoms with Crippen LogP contribution in [-0.2, 0) is 6.42 Å². The van der Waals surface area contributed by atoms with E-state index in [9.17, 15) is 13.2 Å². The number of hydrogen-bond acceptors (Lipinski definition) is 0. The zero-order valence-corrected chi connectivity index (χ0v) is 8.92. The predicted octanol–water partition coefficient (Wildman–Crippen LogP) is 3.60. The minimum Gasteiger partial charge on any atom is -0.240 e. The Balaban J connectivity index is 2.53. The summed E-state index contributed by atoms with van der Waals surface area (Å²) in [4.78, 5) is -0.829. The average molecular weight is 267 g/mol. The van der Waals surface area contributed by atoms with Crippen molar-refractivity contribution in [1.29, 1.82) is 0 Å². The second-order valence-corrected chi connectivity index (χ2v) is 4.16. The van der Waals surface area contributed by atoms with Crippen molar-refractivity contribution in [1.82, 2.24) is 0 Å². The topological polar surface area (TPSA) is 0 Å². The van der Waals surface area contributed by atoms with Gasteiger partial charge in [0, 0.05) is 0 Å². The second kappa shape index (κ2) is 5.39. The molecule has 1 aromatic rings. The van der Waals surface area contributed by atoms with Gasteiger partial charge in [-0.3, -0.25) is 0 Å². The van der Waals surface area contributed by atoms with E-state index in [0.29, 0.717) is 0 Å². The van der Waals surface area contributed by atoms with Crippen LogP contribution in [0.1, 0.15) is 5.56 Å². The zero-order valence-electron chi connectivity index (χ0n) is 7.34. The van der Waals surface area contributed by atoms with Crippen LogP contribution in [0.15, 0.2) is 30.3 Å². The molecule has 0 heterocycles. The van der Waals surface area contributed by atoms with Crippen molar-refractivity contribution in [2.45, 2.75) is 23.8 Å². The van der Waals surface area contributed by atoms with Crippen LogP contribution in [0.3, 0.4) is 0 Å². The van der Waals surface area contributed by atoms with Gasteiger partial charge in [0.25, 0.3) is 6.43 Å². The van der Waals surface area contributed by atoms with Crippen LogP contribution in [0.4, 0.5) is 13.2 Å². The fourth-order valence-corrected chi connectivity index (χ4v) is 1.71. The lowest BCUT2D eigenvalue weighted by atomic mass is 10.1. The highest BCUT2D eigenvalue weighted by molar-refractivity contribution is 9.09. The molecule has 0 aliphatic rings. The van der Waals surface area contributed by atoms with Gasteiger partial charge in [0.15, 0.2) is 6.17 Å². The molecule has 0 saturated carbocycles. The monoisotopic (exact) mass is 266 g/mol. The van der Waals surface area contributed by atoms with Crippen molar-refractivity contribution >= 4 is 15.9 Å². The summed E-state index contributed by atoms with van der Waals surface area (Å²) in [5.74, 6) is 0. The van der Waals surface area contributed by atoms with Crippen LogP contribution in [0.5, 0.6) is 0 Å². The number of alkyl halides is 4. The molecule has 0 fully saturated rings. The van der Waals surface area contributed by atoms with Crippen molar-refractivity contribution in [3.63, 3.8) is 0 Å². The first kappa shape index (κ1) is 11.6. The highest BCUT2D eigenvalue weighted by Crippen LogP contribution is 2.20. The fraction of sp³-hybridized carbons (Fsp3) is 0.400. The molecular formula is C10H10BrF3. The zero-order chi connectivity index (χ0) is 10.6. The van der Waals surface area contributed by atoms with E-state index in [2.05, 4.69) is 15.9 Å². The summed E-state index contributed by atoms with van der Waals surface area (Å²) in [6, 6.07) is 8.99. The average Bonchev–Trinajstić information content (AvgIpc) is 2.18. The standard InChI is InChI=1S/C10H10BrF3/c11-8(9(12)10(13)14)6-7-4-2-1-3-5-7/h1-5,8-10H,6H2. The number of hydrogen-bond donors (Lipinski definition) is 0. The third kappa shape index (κ3) is 3.33. The Morgan fingerprint density at radius 1 is 1.07 bits per heavy atom. The lowest BCUT2D eigenvalue weighted by Gasteiger charge is -2.13. The first-order valence-corrected chi connectivity index (χ1v) is 5.13. The van der Waals surface area contributed by atoms with Crippen molar-refractivity contribution in [2.24, 2.45) is 0 Å². The molecule has 0 N–H and O–H groups in total. The summed E-state index contributed by atoms with van der Waals surface area (Å²) in [5.41, 5.74) is 0.845. The van der Waals surface area contributed by atoms with Gasteiger partial charge in [0.2, 0.25) is 0 Å². The summed E-state index contributed by atoms with van der Waals surface area (Å²) in [6.07, 6.45) is -4.77. The van der Waals surface area contributed by atoms with E-state index in [1.165, 1.54) is 0 Å². The van der Waals surface area contributed by atoms with E-state index in [-0.39, 0.29) is 6.42 Å². The summed E-state index contributed by atoms with van der Waals surface area (Å²) < 4.78 is 36.8. The Bertz CT molecular complexity index is 263. The van der Waals surface area contributed by atoms with E-state index in [1.54, 1.807) is 24.3 Å². The van der Waals surface area contributed by atoms with Crippen molar-refractivity contribution < 1.29 is 13.2 Å². The molecule has 0 radical (unpaired) electrons. The van der Waals surface area contributed by atoms with Gasteiger partial charge in [0.1, 0.15) is 0 Å². The summed E-state index contributed by atoms with van der Waals surface area (Å²) in [6.45, 7) is 0. The lowest BCUT2D eigenvalue weighted by Crippen LogP contribution is -2.25. The van der Waals surface area contributed by atoms with E-state index >= 15 is 0 Å². The molecule has 2 atom stereocenters. The van der Waals surface area contributed by atoms with Gasteiger partial charge >= 0.3 is 0 Å². The van der Waals surface area contributed by atoms with E-state index < -0.39 is 17.4 Å². The second-order valence-electron chi connectivity index (χ2n) is 2.98. The Morgan fingerprint density at radius 2 is 1.64 bits per heavy atom. The molecule has 0 aromatic heterocycles. The maximum atomic E-state index is 12.8. The highest BCUT2D eigenvalue weighted by Gasteiger charge is 2.27. The largest absolute Gasteiger partial charge is 0.270 e. The Morgan fingerprint density at radius 3 is 2.14 bits per heavy atom. The van der Waals surface area contributed by atoms with Gasteiger partial charge in [0.05, 0.1) is 4.83 Å². The molecule has 0 nitrogen and oxygen atoms in total. The first-order valence-electron chi connectivity index (χ1n) is 4.21. The third-order valence-corrected chi connectivity index (χ3v) is 2.69. The van der Waals surface area contributed by atoms with Gasteiger partial charge in [-0.2, -0.15) is 0 Å². The van der Waals surface area contributed by atoms with Crippen LogP contribution in [0.2, 0.25) is 0 Å². The van der Waals surface area contributed by atoms with E-state index in [4.69, 9.17) is 0 Å². The van der Waals surface area contributed by atoms with E-state index in [1.807, 2.05) is 6.07 Å². The molecule has 0 saturated heterocycles. The Kier molecular flexibility index (Phi) is 4.45. The number of halogens is 4. The number of rotatable bonds is 4. The third-order valence-electron chi connectivity index (χ3n) is 1.86. The molecule has 0 spiro atoms. The summed E-state index contributed by atoms with van der Waals surface area (Å²) in [7, 11) is 0. The SMILES string of the molecule is FC(F)C(F)C(Br)Cc1ccccc1. The smallest absolute Gasteiger partial charge is 0.240 e. The van der Waals surface area contributed by atoms with Crippen LogP contribution in [0.25, 0.3) is 0 Å². The number of benzene rings is 1. The maximum absolute atomic E-state index is 12.8. The molecule has 4 heteroatoms. The molecule has 1 rings (SSSR count). The minimum atomic E-state index is -2.93. The van der Waals surface area contributed by atoms with Crippen molar-refractivity contribution in [2.75, 3.05) is 0 Å². The molecule has 0 amide bonds. The van der Waals surface area contributed by atoms with Gasteiger partial charge in [-0.05, 0) is 12.0 Å².